The van der Waals surface area contributed by atoms with Gasteiger partial charge in [-0.3, -0.25) is 9.36 Å². The van der Waals surface area contributed by atoms with Crippen LogP contribution in [-0.2, 0) is 0 Å². The largest absolute Gasteiger partial charge is 0.278 e. The highest BCUT2D eigenvalue weighted by atomic mass is 32.1. The smallest absolute Gasteiger partial charge is 0.266 e. The summed E-state index contributed by atoms with van der Waals surface area (Å²) in [6, 6.07) is 38.5. The molecule has 0 spiro atoms. The molecule has 4 heterocycles. The van der Waals surface area contributed by atoms with Crippen LogP contribution >= 0.6 is 11.3 Å². The first-order chi connectivity index (χ1) is 20.2. The second-order valence-electron chi connectivity index (χ2n) is 10.1. The van der Waals surface area contributed by atoms with E-state index in [0.29, 0.717) is 16.3 Å². The molecule has 6 nitrogen and oxygen atoms in total. The molecular formula is C34H19N5OS. The molecule has 0 atom stereocenters. The highest BCUT2D eigenvalue weighted by Crippen LogP contribution is 2.36. The van der Waals surface area contributed by atoms with Crippen molar-refractivity contribution in [2.75, 3.05) is 0 Å². The van der Waals surface area contributed by atoms with Gasteiger partial charge in [0.15, 0.2) is 4.96 Å². The lowest BCUT2D eigenvalue weighted by molar-refractivity contribution is 1.01. The van der Waals surface area contributed by atoms with Crippen LogP contribution in [0.3, 0.4) is 0 Å². The number of benzene rings is 5. The summed E-state index contributed by atoms with van der Waals surface area (Å²) in [6.45, 7) is 0. The van der Waals surface area contributed by atoms with Crippen LogP contribution in [0.1, 0.15) is 0 Å². The third-order valence-electron chi connectivity index (χ3n) is 7.78. The van der Waals surface area contributed by atoms with Crippen molar-refractivity contribution in [2.45, 2.75) is 0 Å². The van der Waals surface area contributed by atoms with E-state index in [2.05, 4.69) is 41.0 Å². The Morgan fingerprint density at radius 1 is 0.561 bits per heavy atom. The minimum absolute atomic E-state index is 0.0782. The summed E-state index contributed by atoms with van der Waals surface area (Å²) in [4.78, 5) is 29.6. The number of fused-ring (bicyclic) bond motifs is 8. The van der Waals surface area contributed by atoms with Gasteiger partial charge in [0, 0.05) is 26.4 Å². The number of para-hydroxylation sites is 4. The molecule has 7 heteroatoms. The zero-order valence-corrected chi connectivity index (χ0v) is 22.3. The van der Waals surface area contributed by atoms with E-state index in [1.165, 1.54) is 11.3 Å². The molecule has 41 heavy (non-hydrogen) atoms. The number of rotatable bonds is 2. The fourth-order valence-electron chi connectivity index (χ4n) is 5.93. The molecule has 0 bridgehead atoms. The number of hydrogen-bond acceptors (Lipinski definition) is 5. The second-order valence-corrected chi connectivity index (χ2v) is 11.1. The summed E-state index contributed by atoms with van der Waals surface area (Å²) in [5.41, 5.74) is 6.19. The maximum Gasteiger partial charge on any atom is 0.266 e. The average molecular weight is 546 g/mol. The predicted molar refractivity (Wildman–Crippen MR) is 167 cm³/mol. The highest BCUT2D eigenvalue weighted by molar-refractivity contribution is 7.23. The Morgan fingerprint density at radius 3 is 2.12 bits per heavy atom. The van der Waals surface area contributed by atoms with Crippen LogP contribution in [-0.4, -0.2) is 23.9 Å². The molecular weight excluding hydrogens is 526 g/mol. The first-order valence-corrected chi connectivity index (χ1v) is 14.2. The Balaban J connectivity index is 1.42. The maximum absolute atomic E-state index is 14.0. The molecule has 0 amide bonds. The maximum atomic E-state index is 14.0. The normalized spacial score (nSPS) is 12.0. The summed E-state index contributed by atoms with van der Waals surface area (Å²) in [5, 5.41) is 3.76. The van der Waals surface area contributed by atoms with Gasteiger partial charge in [-0.05, 0) is 36.4 Å². The summed E-state index contributed by atoms with van der Waals surface area (Å²) in [5.74, 6) is 0.568. The first-order valence-electron chi connectivity index (χ1n) is 13.3. The van der Waals surface area contributed by atoms with Crippen molar-refractivity contribution >= 4 is 70.1 Å². The Labute approximate surface area is 236 Å². The quantitative estimate of drug-likeness (QED) is 0.223. The van der Waals surface area contributed by atoms with Crippen LogP contribution < -0.4 is 5.56 Å². The molecule has 5 aromatic carbocycles. The van der Waals surface area contributed by atoms with E-state index in [1.54, 1.807) is 4.40 Å². The van der Waals surface area contributed by atoms with Gasteiger partial charge in [0.1, 0.15) is 0 Å². The van der Waals surface area contributed by atoms with E-state index in [-0.39, 0.29) is 5.56 Å². The van der Waals surface area contributed by atoms with Crippen molar-refractivity contribution in [2.24, 2.45) is 0 Å². The average Bonchev–Trinajstić information content (AvgIpc) is 3.55. The fourth-order valence-corrected chi connectivity index (χ4v) is 6.98. The summed E-state index contributed by atoms with van der Waals surface area (Å²) in [7, 11) is 0. The molecule has 0 N–H and O–H groups in total. The van der Waals surface area contributed by atoms with Gasteiger partial charge in [-0.2, -0.15) is 0 Å². The highest BCUT2D eigenvalue weighted by Gasteiger charge is 2.19. The van der Waals surface area contributed by atoms with E-state index in [4.69, 9.17) is 15.0 Å². The van der Waals surface area contributed by atoms with Gasteiger partial charge in [0.05, 0.1) is 38.7 Å². The fraction of sp³-hybridized carbons (Fsp3) is 0. The van der Waals surface area contributed by atoms with Gasteiger partial charge < -0.3 is 0 Å². The van der Waals surface area contributed by atoms with Crippen molar-refractivity contribution < 1.29 is 0 Å². The zero-order valence-electron chi connectivity index (χ0n) is 21.5. The number of nitrogens with zero attached hydrogens (tertiary/aromatic N) is 5. The van der Waals surface area contributed by atoms with Gasteiger partial charge in [-0.15, -0.1) is 0 Å². The summed E-state index contributed by atoms with van der Waals surface area (Å²) >= 11 is 1.53. The van der Waals surface area contributed by atoms with Crippen LogP contribution in [0.15, 0.2) is 120 Å². The molecule has 0 radical (unpaired) electrons. The lowest BCUT2D eigenvalue weighted by atomic mass is 10.1. The van der Waals surface area contributed by atoms with E-state index >= 15 is 0 Å². The summed E-state index contributed by atoms with van der Waals surface area (Å²) in [6.07, 6.45) is 0. The van der Waals surface area contributed by atoms with Gasteiger partial charge in [-0.25, -0.2) is 19.4 Å². The van der Waals surface area contributed by atoms with E-state index < -0.39 is 0 Å². The molecule has 0 saturated heterocycles. The van der Waals surface area contributed by atoms with E-state index in [0.717, 1.165) is 59.7 Å². The molecule has 192 valence electrons. The molecule has 0 aliphatic carbocycles. The molecule has 0 fully saturated rings. The monoisotopic (exact) mass is 545 g/mol. The van der Waals surface area contributed by atoms with Crippen molar-refractivity contribution in [1.29, 1.82) is 0 Å². The minimum atomic E-state index is -0.0782. The van der Waals surface area contributed by atoms with Crippen LogP contribution in [0.4, 0.5) is 0 Å². The Hall–Kier alpha value is -5.40. The minimum Gasteiger partial charge on any atom is -0.278 e. The Morgan fingerprint density at radius 2 is 1.27 bits per heavy atom. The van der Waals surface area contributed by atoms with Gasteiger partial charge in [0.25, 0.3) is 5.56 Å². The topological polar surface area (TPSA) is 65.1 Å². The third-order valence-corrected chi connectivity index (χ3v) is 8.79. The molecule has 0 aliphatic heterocycles. The van der Waals surface area contributed by atoms with E-state index in [9.17, 15) is 4.79 Å². The number of imidazole rings is 1. The third kappa shape index (κ3) is 3.18. The first kappa shape index (κ1) is 22.4. The van der Waals surface area contributed by atoms with E-state index in [1.807, 2.05) is 78.9 Å². The van der Waals surface area contributed by atoms with Gasteiger partial charge in [-0.1, -0.05) is 90.2 Å². The Kier molecular flexibility index (Phi) is 4.54. The van der Waals surface area contributed by atoms with Gasteiger partial charge >= 0.3 is 0 Å². The molecule has 9 rings (SSSR count). The van der Waals surface area contributed by atoms with Crippen molar-refractivity contribution in [3.8, 4) is 17.2 Å². The molecule has 9 aromatic rings. The van der Waals surface area contributed by atoms with Gasteiger partial charge in [0.2, 0.25) is 5.95 Å². The van der Waals surface area contributed by atoms with Crippen molar-refractivity contribution in [3.05, 3.63) is 126 Å². The van der Waals surface area contributed by atoms with Crippen LogP contribution in [0, 0.1) is 0 Å². The van der Waals surface area contributed by atoms with Crippen LogP contribution in [0.25, 0.3) is 76.0 Å². The van der Waals surface area contributed by atoms with Crippen molar-refractivity contribution in [3.63, 3.8) is 0 Å². The second kappa shape index (κ2) is 8.30. The van der Waals surface area contributed by atoms with Crippen LogP contribution in [0.5, 0.6) is 0 Å². The lowest BCUT2D eigenvalue weighted by Crippen LogP contribution is -2.11. The molecule has 0 aliphatic rings. The van der Waals surface area contributed by atoms with Crippen molar-refractivity contribution in [1.82, 2.24) is 23.9 Å². The standard InChI is InChI=1S/C34H19N5OS/c40-32-24-18-29-23(19-30(24)41-34-36-26-15-7-9-17-28(26)39(32)34)21-12-5-8-16-27(21)38(29)33-35-25-14-6-4-13-22(25)31(37-33)20-10-2-1-3-11-20/h1-19H. The predicted octanol–water partition coefficient (Wildman–Crippen LogP) is 7.77. The number of aromatic nitrogens is 5. The molecule has 0 unspecified atom stereocenters. The molecule has 0 saturated carbocycles. The number of hydrogen-bond donors (Lipinski definition) is 0. The lowest BCUT2D eigenvalue weighted by Gasteiger charge is -2.11. The Bertz CT molecular complexity index is 2560. The zero-order chi connectivity index (χ0) is 27.1. The SMILES string of the molecule is O=c1c2cc3c(cc2sc2nc4ccccc4n12)c1ccccc1n3-c1nc(-c2ccccc2)c2ccccc2n1. The summed E-state index contributed by atoms with van der Waals surface area (Å²) < 4.78 is 4.71. The molecule has 4 aromatic heterocycles. The van der Waals surface area contributed by atoms with Crippen LogP contribution in [0.2, 0.25) is 0 Å².